The molecule has 0 amide bonds. The van der Waals surface area contributed by atoms with Gasteiger partial charge >= 0.3 is 0 Å². The van der Waals surface area contributed by atoms with Crippen LogP contribution in [0.5, 0.6) is 0 Å². The van der Waals surface area contributed by atoms with Gasteiger partial charge in [-0.25, -0.2) is 0 Å². The standard InChI is InChI=1S/C32H24Br2O3/c1-21(22-8-4-2-5-9-22)20-28(35)29(23-10-6-3-7-11-23)30(31(36)24-12-16-26(33)17-13-24)32(37)25-14-18-27(34)19-15-25/h2-20,29-30H,1H3/b21-20+/t29-/m1/s1. The highest BCUT2D eigenvalue weighted by Crippen LogP contribution is 2.34. The van der Waals surface area contributed by atoms with E-state index in [4.69, 9.17) is 0 Å². The van der Waals surface area contributed by atoms with Crippen LogP contribution in [-0.2, 0) is 4.79 Å². The van der Waals surface area contributed by atoms with Crippen molar-refractivity contribution in [1.29, 1.82) is 0 Å². The second-order valence-electron chi connectivity index (χ2n) is 8.70. The lowest BCUT2D eigenvalue weighted by Crippen LogP contribution is -2.34. The van der Waals surface area contributed by atoms with Crippen LogP contribution in [0.3, 0.4) is 0 Å². The number of benzene rings is 4. The fraction of sp³-hybridized carbons (Fsp3) is 0.0938. The zero-order valence-electron chi connectivity index (χ0n) is 20.1. The van der Waals surface area contributed by atoms with Crippen LogP contribution in [0.25, 0.3) is 5.57 Å². The minimum Gasteiger partial charge on any atom is -0.294 e. The summed E-state index contributed by atoms with van der Waals surface area (Å²) in [5.74, 6) is -3.32. The molecule has 1 atom stereocenters. The number of hydrogen-bond donors (Lipinski definition) is 0. The maximum Gasteiger partial charge on any atom is 0.174 e. The van der Waals surface area contributed by atoms with Crippen LogP contribution in [0.2, 0.25) is 0 Å². The SMILES string of the molecule is C/C(=C\C(=O)[C@@H](c1ccccc1)C(C(=O)c1ccc(Br)cc1)C(=O)c1ccc(Br)cc1)c1ccccc1. The van der Waals surface area contributed by atoms with Crippen LogP contribution in [0.15, 0.2) is 124 Å². The highest BCUT2D eigenvalue weighted by molar-refractivity contribution is 9.10. The van der Waals surface area contributed by atoms with E-state index in [0.29, 0.717) is 16.7 Å². The number of ketones is 3. The van der Waals surface area contributed by atoms with Gasteiger partial charge in [0, 0.05) is 20.1 Å². The van der Waals surface area contributed by atoms with Gasteiger partial charge in [0.25, 0.3) is 0 Å². The molecule has 4 aromatic carbocycles. The molecule has 4 aromatic rings. The van der Waals surface area contributed by atoms with Gasteiger partial charge in [-0.2, -0.15) is 0 Å². The average Bonchev–Trinajstić information content (AvgIpc) is 2.92. The molecular weight excluding hydrogens is 592 g/mol. The third-order valence-electron chi connectivity index (χ3n) is 6.21. The van der Waals surface area contributed by atoms with E-state index in [1.54, 1.807) is 66.7 Å². The quantitative estimate of drug-likeness (QED) is 0.108. The second-order valence-corrected chi connectivity index (χ2v) is 10.5. The molecule has 5 heteroatoms. The van der Waals surface area contributed by atoms with E-state index in [2.05, 4.69) is 31.9 Å². The van der Waals surface area contributed by atoms with Gasteiger partial charge in [0.15, 0.2) is 17.3 Å². The van der Waals surface area contributed by atoms with Crippen molar-refractivity contribution in [3.63, 3.8) is 0 Å². The maximum absolute atomic E-state index is 14.0. The number of rotatable bonds is 9. The normalized spacial score (nSPS) is 12.3. The van der Waals surface area contributed by atoms with Crippen LogP contribution >= 0.6 is 31.9 Å². The van der Waals surface area contributed by atoms with Gasteiger partial charge in [-0.3, -0.25) is 14.4 Å². The summed E-state index contributed by atoms with van der Waals surface area (Å²) in [6.07, 6.45) is 1.55. The average molecular weight is 616 g/mol. The molecule has 0 aliphatic carbocycles. The fourth-order valence-corrected chi connectivity index (χ4v) is 4.81. The van der Waals surface area contributed by atoms with Crippen LogP contribution < -0.4 is 0 Å². The molecule has 0 saturated heterocycles. The molecule has 0 unspecified atom stereocenters. The zero-order chi connectivity index (χ0) is 26.4. The van der Waals surface area contributed by atoms with Crippen LogP contribution in [0, 0.1) is 5.92 Å². The summed E-state index contributed by atoms with van der Waals surface area (Å²) in [6, 6.07) is 32.4. The van der Waals surface area contributed by atoms with Crippen molar-refractivity contribution in [2.75, 3.05) is 0 Å². The predicted octanol–water partition coefficient (Wildman–Crippen LogP) is 8.35. The Balaban J connectivity index is 1.86. The van der Waals surface area contributed by atoms with Gasteiger partial charge in [-0.15, -0.1) is 0 Å². The first-order chi connectivity index (χ1) is 17.8. The lowest BCUT2D eigenvalue weighted by atomic mass is 9.74. The Bertz CT molecular complexity index is 1370. The van der Waals surface area contributed by atoms with Crippen molar-refractivity contribution in [2.24, 2.45) is 5.92 Å². The Labute approximate surface area is 233 Å². The lowest BCUT2D eigenvalue weighted by molar-refractivity contribution is -0.116. The summed E-state index contributed by atoms with van der Waals surface area (Å²) in [7, 11) is 0. The summed E-state index contributed by atoms with van der Waals surface area (Å²) >= 11 is 6.80. The third kappa shape index (κ3) is 6.48. The highest BCUT2D eigenvalue weighted by Gasteiger charge is 2.40. The van der Waals surface area contributed by atoms with Crippen molar-refractivity contribution in [3.8, 4) is 0 Å². The first kappa shape index (κ1) is 26.6. The maximum atomic E-state index is 14.0. The van der Waals surface area contributed by atoms with E-state index >= 15 is 0 Å². The first-order valence-corrected chi connectivity index (χ1v) is 13.4. The molecule has 0 aromatic heterocycles. The van der Waals surface area contributed by atoms with Gasteiger partial charge in [0.1, 0.15) is 0 Å². The molecule has 0 aliphatic heterocycles. The summed E-state index contributed by atoms with van der Waals surface area (Å²) in [5.41, 5.74) is 3.02. The molecule has 3 nitrogen and oxygen atoms in total. The molecule has 0 aliphatic rings. The Morgan fingerprint density at radius 2 is 1.03 bits per heavy atom. The minimum absolute atomic E-state index is 0.298. The van der Waals surface area contributed by atoms with Crippen molar-refractivity contribution >= 4 is 54.8 Å². The monoisotopic (exact) mass is 614 g/mol. The van der Waals surface area contributed by atoms with E-state index in [1.807, 2.05) is 55.5 Å². The van der Waals surface area contributed by atoms with Gasteiger partial charge in [-0.05, 0) is 54.0 Å². The van der Waals surface area contributed by atoms with Crippen molar-refractivity contribution < 1.29 is 14.4 Å². The number of carbonyl (C=O) groups is 3. The summed E-state index contributed by atoms with van der Waals surface area (Å²) < 4.78 is 1.63. The van der Waals surface area contributed by atoms with Gasteiger partial charge in [-0.1, -0.05) is 117 Å². The Morgan fingerprint density at radius 3 is 1.49 bits per heavy atom. The molecule has 0 heterocycles. The summed E-state index contributed by atoms with van der Waals surface area (Å²) in [5, 5.41) is 0. The molecular formula is C32H24Br2O3. The predicted molar refractivity (Wildman–Crippen MR) is 155 cm³/mol. The molecule has 0 radical (unpaired) electrons. The largest absolute Gasteiger partial charge is 0.294 e. The van der Waals surface area contributed by atoms with Crippen molar-refractivity contribution in [2.45, 2.75) is 12.8 Å². The van der Waals surface area contributed by atoms with E-state index in [9.17, 15) is 14.4 Å². The van der Waals surface area contributed by atoms with Gasteiger partial charge in [0.2, 0.25) is 0 Å². The first-order valence-electron chi connectivity index (χ1n) is 11.8. The third-order valence-corrected chi connectivity index (χ3v) is 7.27. The molecule has 0 spiro atoms. The van der Waals surface area contributed by atoms with E-state index in [-0.39, 0.29) is 5.78 Å². The fourth-order valence-electron chi connectivity index (χ4n) is 4.28. The molecule has 0 saturated carbocycles. The number of halogens is 2. The molecule has 0 N–H and O–H groups in total. The van der Waals surface area contributed by atoms with Gasteiger partial charge in [0.05, 0.1) is 11.8 Å². The van der Waals surface area contributed by atoms with E-state index in [0.717, 1.165) is 20.1 Å². The van der Waals surface area contributed by atoms with Crippen LogP contribution in [0.1, 0.15) is 44.7 Å². The van der Waals surface area contributed by atoms with Crippen molar-refractivity contribution in [3.05, 3.63) is 146 Å². The highest BCUT2D eigenvalue weighted by atomic mass is 79.9. The molecule has 184 valence electrons. The smallest absolute Gasteiger partial charge is 0.174 e. The number of Topliss-reactive ketones (excluding diaryl/α,β-unsaturated/α-hetero) is 2. The molecule has 0 bridgehead atoms. The zero-order valence-corrected chi connectivity index (χ0v) is 23.3. The number of carbonyl (C=O) groups excluding carboxylic acids is 3. The van der Waals surface area contributed by atoms with E-state index < -0.39 is 23.4 Å². The van der Waals surface area contributed by atoms with E-state index in [1.165, 1.54) is 0 Å². The number of allylic oxidation sites excluding steroid dienone is 2. The minimum atomic E-state index is -1.24. The second kappa shape index (κ2) is 12.2. The Morgan fingerprint density at radius 1 is 0.595 bits per heavy atom. The van der Waals surface area contributed by atoms with Gasteiger partial charge < -0.3 is 0 Å². The molecule has 37 heavy (non-hydrogen) atoms. The van der Waals surface area contributed by atoms with Crippen LogP contribution in [0.4, 0.5) is 0 Å². The topological polar surface area (TPSA) is 51.2 Å². The van der Waals surface area contributed by atoms with Crippen LogP contribution in [-0.4, -0.2) is 17.3 Å². The summed E-state index contributed by atoms with van der Waals surface area (Å²) in [4.78, 5) is 41.9. The molecule has 0 fully saturated rings. The Kier molecular flexibility index (Phi) is 8.80. The molecule has 4 rings (SSSR count). The Hall–Kier alpha value is -3.41. The summed E-state index contributed by atoms with van der Waals surface area (Å²) in [6.45, 7) is 1.86. The lowest BCUT2D eigenvalue weighted by Gasteiger charge is -2.24. The number of hydrogen-bond acceptors (Lipinski definition) is 3. The van der Waals surface area contributed by atoms with Crippen molar-refractivity contribution in [1.82, 2.24) is 0 Å².